The summed E-state index contributed by atoms with van der Waals surface area (Å²) in [4.78, 5) is 0. The minimum atomic E-state index is 1.62. The molecule has 0 spiro atoms. The lowest BCUT2D eigenvalue weighted by molar-refractivity contribution is -0.466. The third-order valence-electron chi connectivity index (χ3n) is 0.316. The first-order valence-corrected chi connectivity index (χ1v) is 1.80. The Morgan fingerprint density at radius 1 is 1.67 bits per heavy atom. The fourth-order valence-corrected chi connectivity index (χ4v) is 0.211. The van der Waals surface area contributed by atoms with E-state index < -0.39 is 0 Å². The Morgan fingerprint density at radius 3 is 2.17 bits per heavy atom. The summed E-state index contributed by atoms with van der Waals surface area (Å²) in [5.74, 6) is 0. The number of hydrogen-bond donors (Lipinski definition) is 0. The van der Waals surface area contributed by atoms with Crippen LogP contribution in [0.25, 0.3) is 0 Å². The van der Waals surface area contributed by atoms with E-state index in [9.17, 15) is 0 Å². The maximum absolute atomic E-state index is 4.60. The highest BCUT2D eigenvalue weighted by atomic mass is 16.4. The van der Waals surface area contributed by atoms with Crippen LogP contribution in [0.2, 0.25) is 0 Å². The highest BCUT2D eigenvalue weighted by Crippen LogP contribution is 1.49. The Bertz CT molecular complexity index is 57.8. The summed E-state index contributed by atoms with van der Waals surface area (Å²) >= 11 is 0. The molecule has 0 heterocycles. The zero-order valence-corrected chi connectivity index (χ0v) is 4.43. The van der Waals surface area contributed by atoms with Crippen LogP contribution < -0.4 is 0 Å². The van der Waals surface area contributed by atoms with Crippen LogP contribution in [0.5, 0.6) is 0 Å². The van der Waals surface area contributed by atoms with Gasteiger partial charge in [0.2, 0.25) is 0 Å². The summed E-state index contributed by atoms with van der Waals surface area (Å²) in [5, 5.41) is 0. The van der Waals surface area contributed by atoms with Crippen molar-refractivity contribution in [2.45, 2.75) is 0 Å². The Kier molecular flexibility index (Phi) is 2.54. The van der Waals surface area contributed by atoms with Crippen LogP contribution in [-0.2, 0) is 4.65 Å². The fraction of sp³-hybridized carbons (Fsp3) is 0.667. The van der Waals surface area contributed by atoms with Crippen molar-refractivity contribution < 1.29 is 9.23 Å². The molecule has 0 saturated heterocycles. The first-order chi connectivity index (χ1) is 2.77. The van der Waals surface area contributed by atoms with Crippen LogP contribution in [0.3, 0.4) is 0 Å². The molecule has 0 aliphatic rings. The second-order valence-electron chi connectivity index (χ2n) is 1.30. The second-order valence-corrected chi connectivity index (χ2v) is 1.30. The largest absolute Gasteiger partial charge is 0.529 e. The number of rotatable bonds is 1. The van der Waals surface area contributed by atoms with Crippen molar-refractivity contribution in [2.75, 3.05) is 14.1 Å². The van der Waals surface area contributed by atoms with Crippen LogP contribution in [-0.4, -0.2) is 33.1 Å². The van der Waals surface area contributed by atoms with E-state index in [0.717, 1.165) is 0 Å². The molecule has 0 amide bonds. The monoisotopic (exact) mass is 86.1 g/mol. The van der Waals surface area contributed by atoms with Crippen LogP contribution in [0.1, 0.15) is 0 Å². The van der Waals surface area contributed by atoms with Gasteiger partial charge in [0.05, 0.1) is 0 Å². The fourth-order valence-electron chi connectivity index (χ4n) is 0.211. The molecular weight excluding hydrogens is 76.9 g/mol. The maximum Gasteiger partial charge on any atom is 0.329 e. The maximum atomic E-state index is 4.60. The molecule has 6 heavy (non-hydrogen) atoms. The molecule has 0 aromatic rings. The SMILES string of the molecule is BOC=[N+](C)C. The lowest BCUT2D eigenvalue weighted by Gasteiger charge is -1.81. The van der Waals surface area contributed by atoms with Gasteiger partial charge in [-0.3, -0.25) is 0 Å². The summed E-state index contributed by atoms with van der Waals surface area (Å²) in [5.41, 5.74) is 0. The van der Waals surface area contributed by atoms with Gasteiger partial charge in [-0.25, -0.2) is 4.58 Å². The molecule has 0 aliphatic carbocycles. The van der Waals surface area contributed by atoms with Gasteiger partial charge in [0.15, 0.2) is 0 Å². The summed E-state index contributed by atoms with van der Waals surface area (Å²) in [6, 6.07) is 0. The van der Waals surface area contributed by atoms with Crippen LogP contribution in [0.15, 0.2) is 0 Å². The van der Waals surface area contributed by atoms with Gasteiger partial charge in [-0.15, -0.1) is 0 Å². The van der Waals surface area contributed by atoms with Gasteiger partial charge in [0.1, 0.15) is 14.1 Å². The minimum Gasteiger partial charge on any atom is -0.529 e. The molecular formula is C3H9BNO+. The Hall–Kier alpha value is -0.465. The molecule has 0 bridgehead atoms. The number of hydrogen-bond acceptors (Lipinski definition) is 1. The lowest BCUT2D eigenvalue weighted by Crippen LogP contribution is -1.99. The van der Waals surface area contributed by atoms with Crippen molar-refractivity contribution in [3.8, 4) is 0 Å². The first-order valence-electron chi connectivity index (χ1n) is 1.80. The normalized spacial score (nSPS) is 7.00. The first kappa shape index (κ1) is 5.53. The number of nitrogens with zero attached hydrogens (tertiary/aromatic N) is 1. The van der Waals surface area contributed by atoms with E-state index in [1.807, 2.05) is 18.7 Å². The van der Waals surface area contributed by atoms with Crippen molar-refractivity contribution in [2.24, 2.45) is 0 Å². The molecule has 0 atom stereocenters. The third-order valence-corrected chi connectivity index (χ3v) is 0.316. The molecule has 0 unspecified atom stereocenters. The van der Waals surface area contributed by atoms with Crippen molar-refractivity contribution in [3.63, 3.8) is 0 Å². The molecule has 0 fully saturated rings. The summed E-state index contributed by atoms with van der Waals surface area (Å²) < 4.78 is 6.44. The quantitative estimate of drug-likeness (QED) is 0.170. The van der Waals surface area contributed by atoms with Gasteiger partial charge in [-0.2, -0.15) is 0 Å². The summed E-state index contributed by atoms with van der Waals surface area (Å²) in [7, 11) is 5.44. The average Bonchev–Trinajstić information content (AvgIpc) is 1.35. The molecule has 0 aliphatic heterocycles. The van der Waals surface area contributed by atoms with Crippen molar-refractivity contribution in [1.29, 1.82) is 0 Å². The van der Waals surface area contributed by atoms with E-state index in [2.05, 4.69) is 4.65 Å². The predicted octanol–water partition coefficient (Wildman–Crippen LogP) is -1.15. The highest BCUT2D eigenvalue weighted by molar-refractivity contribution is 6.02. The zero-order valence-electron chi connectivity index (χ0n) is 4.43. The second kappa shape index (κ2) is 2.76. The van der Waals surface area contributed by atoms with E-state index >= 15 is 0 Å². The zero-order chi connectivity index (χ0) is 4.99. The van der Waals surface area contributed by atoms with Gasteiger partial charge in [-0.05, 0) is 0 Å². The van der Waals surface area contributed by atoms with E-state index in [1.165, 1.54) is 0 Å². The molecule has 0 radical (unpaired) electrons. The molecule has 0 saturated carbocycles. The topological polar surface area (TPSA) is 12.2 Å². The summed E-state index contributed by atoms with van der Waals surface area (Å²) in [6.45, 7) is 0. The molecule has 0 aromatic carbocycles. The molecule has 2 nitrogen and oxygen atoms in total. The predicted molar refractivity (Wildman–Crippen MR) is 27.8 cm³/mol. The van der Waals surface area contributed by atoms with E-state index in [4.69, 9.17) is 0 Å². The Morgan fingerprint density at radius 2 is 2.17 bits per heavy atom. The van der Waals surface area contributed by atoms with Crippen LogP contribution in [0.4, 0.5) is 0 Å². The minimum absolute atomic E-state index is 1.62. The van der Waals surface area contributed by atoms with Crippen LogP contribution >= 0.6 is 0 Å². The smallest absolute Gasteiger partial charge is 0.329 e. The van der Waals surface area contributed by atoms with Gasteiger partial charge >= 0.3 is 14.4 Å². The molecule has 3 heteroatoms. The standard InChI is InChI=1S/C3H9BNO/c1-5(2)3-6-4/h3H,4H2,1-2H3/q+1. The van der Waals surface area contributed by atoms with E-state index in [1.54, 1.807) is 14.4 Å². The molecule has 0 rings (SSSR count). The van der Waals surface area contributed by atoms with Gasteiger partial charge in [0.25, 0.3) is 0 Å². The summed E-state index contributed by atoms with van der Waals surface area (Å²) in [6.07, 6.45) is 1.62. The molecule has 0 aromatic heterocycles. The van der Waals surface area contributed by atoms with Crippen molar-refractivity contribution >= 4 is 14.4 Å². The third kappa shape index (κ3) is 3.53. The molecule has 34 valence electrons. The molecule has 0 N–H and O–H groups in total. The van der Waals surface area contributed by atoms with Gasteiger partial charge in [-0.1, -0.05) is 0 Å². The van der Waals surface area contributed by atoms with Gasteiger partial charge in [0, 0.05) is 0 Å². The van der Waals surface area contributed by atoms with Crippen LogP contribution in [0, 0.1) is 0 Å². The van der Waals surface area contributed by atoms with E-state index in [-0.39, 0.29) is 0 Å². The van der Waals surface area contributed by atoms with Gasteiger partial charge < -0.3 is 4.65 Å². The Labute approximate surface area is 38.9 Å². The highest BCUT2D eigenvalue weighted by Gasteiger charge is 1.72. The average molecular weight is 85.9 g/mol. The van der Waals surface area contributed by atoms with E-state index in [0.29, 0.717) is 0 Å². The Balaban J connectivity index is 3.14. The van der Waals surface area contributed by atoms with Crippen molar-refractivity contribution in [1.82, 2.24) is 0 Å². The van der Waals surface area contributed by atoms with Crippen molar-refractivity contribution in [3.05, 3.63) is 0 Å². The lowest BCUT2D eigenvalue weighted by atomic mass is 10.6.